The number of halogens is 1. The summed E-state index contributed by atoms with van der Waals surface area (Å²) < 4.78 is 11.3. The molecular formula is C14H16BrNO2. The van der Waals surface area contributed by atoms with Gasteiger partial charge in [0.05, 0.1) is 24.1 Å². The minimum Gasteiger partial charge on any atom is -0.496 e. The molecule has 0 fully saturated rings. The molecule has 1 N–H and O–H groups in total. The standard InChI is InChI=1S/C14H16BrNO2/c1-16-13(11-5-6-18-9-11)8-10-3-4-14(17-2)12(15)7-10/h3-7,9,13,16H,8H2,1-2H3. The molecule has 1 aromatic heterocycles. The molecule has 2 aromatic rings. The molecule has 1 unspecified atom stereocenters. The van der Waals surface area contributed by atoms with Gasteiger partial charge in [0.1, 0.15) is 5.75 Å². The van der Waals surface area contributed by atoms with Crippen molar-refractivity contribution in [2.24, 2.45) is 0 Å². The van der Waals surface area contributed by atoms with Crippen LogP contribution in [0.4, 0.5) is 0 Å². The van der Waals surface area contributed by atoms with Gasteiger partial charge in [0, 0.05) is 11.6 Å². The predicted molar refractivity (Wildman–Crippen MR) is 74.9 cm³/mol. The molecular weight excluding hydrogens is 294 g/mol. The van der Waals surface area contributed by atoms with Crippen LogP contribution in [0.5, 0.6) is 5.75 Å². The number of hydrogen-bond donors (Lipinski definition) is 1. The van der Waals surface area contributed by atoms with E-state index in [0.29, 0.717) is 0 Å². The van der Waals surface area contributed by atoms with Crippen LogP contribution in [0.15, 0.2) is 45.7 Å². The van der Waals surface area contributed by atoms with Crippen LogP contribution in [0.2, 0.25) is 0 Å². The van der Waals surface area contributed by atoms with E-state index >= 15 is 0 Å². The van der Waals surface area contributed by atoms with Crippen molar-refractivity contribution in [2.75, 3.05) is 14.2 Å². The summed E-state index contributed by atoms with van der Waals surface area (Å²) in [5, 5.41) is 3.29. The van der Waals surface area contributed by atoms with E-state index in [4.69, 9.17) is 9.15 Å². The number of methoxy groups -OCH3 is 1. The van der Waals surface area contributed by atoms with Crippen molar-refractivity contribution >= 4 is 15.9 Å². The summed E-state index contributed by atoms with van der Waals surface area (Å²) in [6.45, 7) is 0. The lowest BCUT2D eigenvalue weighted by Crippen LogP contribution is -2.18. The first-order valence-electron chi connectivity index (χ1n) is 5.76. The van der Waals surface area contributed by atoms with Gasteiger partial charge in [-0.15, -0.1) is 0 Å². The third-order valence-electron chi connectivity index (χ3n) is 2.95. The van der Waals surface area contributed by atoms with Crippen LogP contribution >= 0.6 is 15.9 Å². The summed E-state index contributed by atoms with van der Waals surface area (Å²) in [7, 11) is 3.62. The zero-order chi connectivity index (χ0) is 13.0. The van der Waals surface area contributed by atoms with Crippen molar-refractivity contribution in [3.8, 4) is 5.75 Å². The van der Waals surface area contributed by atoms with Crippen molar-refractivity contribution in [1.29, 1.82) is 0 Å². The van der Waals surface area contributed by atoms with E-state index in [1.807, 2.05) is 19.2 Å². The van der Waals surface area contributed by atoms with Crippen molar-refractivity contribution in [1.82, 2.24) is 5.32 Å². The van der Waals surface area contributed by atoms with E-state index < -0.39 is 0 Å². The molecule has 96 valence electrons. The molecule has 1 atom stereocenters. The molecule has 0 aliphatic rings. The molecule has 3 nitrogen and oxygen atoms in total. The lowest BCUT2D eigenvalue weighted by Gasteiger charge is -2.15. The Morgan fingerprint density at radius 2 is 2.22 bits per heavy atom. The lowest BCUT2D eigenvalue weighted by molar-refractivity contribution is 0.412. The van der Waals surface area contributed by atoms with Gasteiger partial charge in [-0.3, -0.25) is 0 Å². The van der Waals surface area contributed by atoms with Crippen LogP contribution in [-0.4, -0.2) is 14.2 Å². The first-order valence-corrected chi connectivity index (χ1v) is 6.55. The van der Waals surface area contributed by atoms with Gasteiger partial charge in [-0.2, -0.15) is 0 Å². The van der Waals surface area contributed by atoms with Crippen LogP contribution < -0.4 is 10.1 Å². The summed E-state index contributed by atoms with van der Waals surface area (Å²) in [5.74, 6) is 0.850. The van der Waals surface area contributed by atoms with Gasteiger partial charge in [0.2, 0.25) is 0 Å². The van der Waals surface area contributed by atoms with E-state index in [9.17, 15) is 0 Å². The molecule has 0 bridgehead atoms. The van der Waals surface area contributed by atoms with Crippen molar-refractivity contribution in [3.05, 3.63) is 52.4 Å². The van der Waals surface area contributed by atoms with Crippen molar-refractivity contribution in [3.63, 3.8) is 0 Å². The van der Waals surface area contributed by atoms with Crippen LogP contribution in [0.1, 0.15) is 17.2 Å². The molecule has 18 heavy (non-hydrogen) atoms. The molecule has 0 aliphatic carbocycles. The van der Waals surface area contributed by atoms with Gasteiger partial charge in [-0.1, -0.05) is 6.07 Å². The van der Waals surface area contributed by atoms with E-state index in [0.717, 1.165) is 22.2 Å². The quantitative estimate of drug-likeness (QED) is 0.917. The zero-order valence-electron chi connectivity index (χ0n) is 10.4. The van der Waals surface area contributed by atoms with Gasteiger partial charge in [0.25, 0.3) is 0 Å². The number of ether oxygens (including phenoxy) is 1. The van der Waals surface area contributed by atoms with Gasteiger partial charge in [0.15, 0.2) is 0 Å². The Labute approximate surface area is 115 Å². The summed E-state index contributed by atoms with van der Waals surface area (Å²) >= 11 is 3.50. The number of likely N-dealkylation sites (N-methyl/N-ethyl adjacent to an activating group) is 1. The minimum atomic E-state index is 0.254. The Bertz CT molecular complexity index is 497. The summed E-state index contributed by atoms with van der Waals surface area (Å²) in [6, 6.07) is 8.38. The number of nitrogens with one attached hydrogen (secondary N) is 1. The van der Waals surface area contributed by atoms with Gasteiger partial charge < -0.3 is 14.5 Å². The molecule has 4 heteroatoms. The van der Waals surface area contributed by atoms with E-state index in [2.05, 4.69) is 33.4 Å². The van der Waals surface area contributed by atoms with Crippen LogP contribution in [-0.2, 0) is 6.42 Å². The van der Waals surface area contributed by atoms with Gasteiger partial charge >= 0.3 is 0 Å². The molecule has 1 heterocycles. The summed E-state index contributed by atoms with van der Waals surface area (Å²) in [5.41, 5.74) is 2.40. The Morgan fingerprint density at radius 1 is 1.39 bits per heavy atom. The fourth-order valence-electron chi connectivity index (χ4n) is 1.93. The number of benzene rings is 1. The minimum absolute atomic E-state index is 0.254. The zero-order valence-corrected chi connectivity index (χ0v) is 12.0. The second kappa shape index (κ2) is 6.07. The summed E-state index contributed by atoms with van der Waals surface area (Å²) in [6.07, 6.45) is 4.38. The number of furan rings is 1. The Hall–Kier alpha value is -1.26. The molecule has 2 rings (SSSR count). The molecule has 0 aliphatic heterocycles. The highest BCUT2D eigenvalue weighted by molar-refractivity contribution is 9.10. The van der Waals surface area contributed by atoms with Gasteiger partial charge in [-0.05, 0) is 53.2 Å². The smallest absolute Gasteiger partial charge is 0.133 e. The second-order valence-electron chi connectivity index (χ2n) is 4.07. The van der Waals surface area contributed by atoms with E-state index in [1.165, 1.54) is 5.56 Å². The molecule has 0 saturated carbocycles. The van der Waals surface area contributed by atoms with Crippen LogP contribution in [0.3, 0.4) is 0 Å². The molecule has 0 radical (unpaired) electrons. The van der Waals surface area contributed by atoms with Crippen LogP contribution in [0.25, 0.3) is 0 Å². The SMILES string of the molecule is CNC(Cc1ccc(OC)c(Br)c1)c1ccoc1. The third-order valence-corrected chi connectivity index (χ3v) is 3.57. The largest absolute Gasteiger partial charge is 0.496 e. The average molecular weight is 310 g/mol. The molecule has 0 saturated heterocycles. The highest BCUT2D eigenvalue weighted by atomic mass is 79.9. The molecule has 0 spiro atoms. The topological polar surface area (TPSA) is 34.4 Å². The maximum atomic E-state index is 5.23. The van der Waals surface area contributed by atoms with Gasteiger partial charge in [-0.25, -0.2) is 0 Å². The average Bonchev–Trinajstić information content (AvgIpc) is 2.90. The molecule has 0 amide bonds. The highest BCUT2D eigenvalue weighted by Crippen LogP contribution is 2.27. The maximum absolute atomic E-state index is 5.23. The normalized spacial score (nSPS) is 12.4. The van der Waals surface area contributed by atoms with E-state index in [-0.39, 0.29) is 6.04 Å². The predicted octanol–water partition coefficient (Wildman–Crippen LogP) is 3.55. The Balaban J connectivity index is 2.15. The Kier molecular flexibility index (Phi) is 4.44. The second-order valence-corrected chi connectivity index (χ2v) is 4.93. The first-order chi connectivity index (χ1) is 8.74. The van der Waals surface area contributed by atoms with Crippen molar-refractivity contribution in [2.45, 2.75) is 12.5 Å². The van der Waals surface area contributed by atoms with Crippen molar-refractivity contribution < 1.29 is 9.15 Å². The fraction of sp³-hybridized carbons (Fsp3) is 0.286. The fourth-order valence-corrected chi connectivity index (χ4v) is 2.52. The van der Waals surface area contributed by atoms with E-state index in [1.54, 1.807) is 19.6 Å². The molecule has 1 aromatic carbocycles. The number of rotatable bonds is 5. The maximum Gasteiger partial charge on any atom is 0.133 e. The lowest BCUT2D eigenvalue weighted by atomic mass is 10.0. The third kappa shape index (κ3) is 2.94. The summed E-state index contributed by atoms with van der Waals surface area (Å²) in [4.78, 5) is 0. The first kappa shape index (κ1) is 13.2. The Morgan fingerprint density at radius 3 is 2.78 bits per heavy atom. The monoisotopic (exact) mass is 309 g/mol. The number of hydrogen-bond acceptors (Lipinski definition) is 3. The van der Waals surface area contributed by atoms with Crippen LogP contribution in [0, 0.1) is 0 Å². The highest BCUT2D eigenvalue weighted by Gasteiger charge is 2.12.